The summed E-state index contributed by atoms with van der Waals surface area (Å²) < 4.78 is 5.54. The summed E-state index contributed by atoms with van der Waals surface area (Å²) in [7, 11) is 0. The van der Waals surface area contributed by atoms with Crippen LogP contribution in [-0.4, -0.2) is 18.6 Å². The van der Waals surface area contributed by atoms with Gasteiger partial charge in [-0.05, 0) is 36.9 Å². The van der Waals surface area contributed by atoms with Gasteiger partial charge < -0.3 is 4.74 Å². The quantitative estimate of drug-likeness (QED) is 0.537. The van der Waals surface area contributed by atoms with Crippen molar-refractivity contribution in [2.24, 2.45) is 0 Å². The number of carbonyl (C=O) groups is 1. The summed E-state index contributed by atoms with van der Waals surface area (Å²) in [6.45, 7) is 2.51. The van der Waals surface area contributed by atoms with E-state index in [1.54, 1.807) is 11.8 Å². The number of thioether (sulfide) groups is 1. The Kier molecular flexibility index (Phi) is 6.01. The number of hydrogen-bond acceptors (Lipinski definition) is 3. The third kappa shape index (κ3) is 4.71. The average Bonchev–Trinajstić information content (AvgIpc) is 2.35. The van der Waals surface area contributed by atoms with Crippen molar-refractivity contribution in [3.05, 3.63) is 24.3 Å². The average molecular weight is 238 g/mol. The standard InChI is InChI=1S/C13H18O2S/c1-3-11(14)5-4-10-15-12-6-8-13(16-2)9-7-12/h6-9H,3-5,10H2,1-2H3. The minimum atomic E-state index is 0.307. The van der Waals surface area contributed by atoms with Crippen LogP contribution in [0, 0.1) is 0 Å². The Morgan fingerprint density at radius 3 is 2.56 bits per heavy atom. The largest absolute Gasteiger partial charge is 0.494 e. The fraction of sp³-hybridized carbons (Fsp3) is 0.462. The lowest BCUT2D eigenvalue weighted by Crippen LogP contribution is -2.02. The normalized spacial score (nSPS) is 10.1. The molecule has 0 spiro atoms. The molecule has 0 bridgehead atoms. The number of hydrogen-bond donors (Lipinski definition) is 0. The molecule has 1 rings (SSSR count). The van der Waals surface area contributed by atoms with Gasteiger partial charge in [0.05, 0.1) is 6.61 Å². The lowest BCUT2D eigenvalue weighted by molar-refractivity contribution is -0.118. The zero-order valence-electron chi connectivity index (χ0n) is 9.86. The number of benzene rings is 1. The summed E-state index contributed by atoms with van der Waals surface area (Å²) in [4.78, 5) is 12.3. The Balaban J connectivity index is 2.24. The van der Waals surface area contributed by atoms with Crippen molar-refractivity contribution in [1.29, 1.82) is 0 Å². The van der Waals surface area contributed by atoms with E-state index in [1.165, 1.54) is 4.90 Å². The number of ketones is 1. The van der Waals surface area contributed by atoms with Crippen LogP contribution in [0.5, 0.6) is 5.75 Å². The van der Waals surface area contributed by atoms with Gasteiger partial charge in [0.1, 0.15) is 11.5 Å². The molecule has 2 nitrogen and oxygen atoms in total. The van der Waals surface area contributed by atoms with E-state index in [2.05, 4.69) is 0 Å². The van der Waals surface area contributed by atoms with Crippen LogP contribution in [-0.2, 0) is 4.79 Å². The second-order valence-electron chi connectivity index (χ2n) is 3.52. The molecule has 0 unspecified atom stereocenters. The zero-order valence-corrected chi connectivity index (χ0v) is 10.7. The Labute approximate surface area is 101 Å². The van der Waals surface area contributed by atoms with Crippen LogP contribution >= 0.6 is 11.8 Å². The van der Waals surface area contributed by atoms with Crippen molar-refractivity contribution in [3.63, 3.8) is 0 Å². The van der Waals surface area contributed by atoms with Crippen LogP contribution in [0.2, 0.25) is 0 Å². The van der Waals surface area contributed by atoms with Crippen molar-refractivity contribution >= 4 is 17.5 Å². The highest BCUT2D eigenvalue weighted by Crippen LogP contribution is 2.19. The van der Waals surface area contributed by atoms with Gasteiger partial charge in [0, 0.05) is 17.7 Å². The van der Waals surface area contributed by atoms with Crippen molar-refractivity contribution in [2.45, 2.75) is 31.1 Å². The van der Waals surface area contributed by atoms with Gasteiger partial charge >= 0.3 is 0 Å². The molecule has 0 radical (unpaired) electrons. The van der Waals surface area contributed by atoms with Gasteiger partial charge in [-0.1, -0.05) is 6.92 Å². The molecule has 0 N–H and O–H groups in total. The minimum absolute atomic E-state index is 0.307. The van der Waals surface area contributed by atoms with Crippen LogP contribution in [0.3, 0.4) is 0 Å². The van der Waals surface area contributed by atoms with Crippen molar-refractivity contribution in [3.8, 4) is 5.75 Å². The van der Waals surface area contributed by atoms with E-state index in [4.69, 9.17) is 4.74 Å². The van der Waals surface area contributed by atoms with Gasteiger partial charge in [0.2, 0.25) is 0 Å². The lowest BCUT2D eigenvalue weighted by atomic mass is 10.2. The molecular weight excluding hydrogens is 220 g/mol. The van der Waals surface area contributed by atoms with Gasteiger partial charge in [0.25, 0.3) is 0 Å². The molecule has 0 heterocycles. The van der Waals surface area contributed by atoms with Crippen LogP contribution in [0.1, 0.15) is 26.2 Å². The lowest BCUT2D eigenvalue weighted by Gasteiger charge is -2.05. The first-order valence-electron chi connectivity index (χ1n) is 5.54. The molecule has 16 heavy (non-hydrogen) atoms. The van der Waals surface area contributed by atoms with Gasteiger partial charge in [-0.15, -0.1) is 11.8 Å². The van der Waals surface area contributed by atoms with E-state index >= 15 is 0 Å². The van der Waals surface area contributed by atoms with Gasteiger partial charge in [0.15, 0.2) is 0 Å². The molecule has 0 atom stereocenters. The van der Waals surface area contributed by atoms with Crippen molar-refractivity contribution < 1.29 is 9.53 Å². The molecule has 0 aliphatic rings. The molecule has 0 saturated heterocycles. The molecule has 0 saturated carbocycles. The minimum Gasteiger partial charge on any atom is -0.494 e. The molecular formula is C13H18O2S. The Bertz CT molecular complexity index is 319. The molecule has 88 valence electrons. The van der Waals surface area contributed by atoms with Gasteiger partial charge in [-0.25, -0.2) is 0 Å². The predicted octanol–water partition coefficient (Wildman–Crippen LogP) is 3.55. The topological polar surface area (TPSA) is 26.3 Å². The maximum absolute atomic E-state index is 11.0. The maximum Gasteiger partial charge on any atom is 0.132 e. The van der Waals surface area contributed by atoms with Crippen LogP contribution < -0.4 is 4.74 Å². The molecule has 0 aromatic heterocycles. The third-order valence-corrected chi connectivity index (χ3v) is 3.07. The summed E-state index contributed by atoms with van der Waals surface area (Å²) in [5.74, 6) is 1.18. The fourth-order valence-electron chi connectivity index (χ4n) is 1.31. The molecule has 0 fully saturated rings. The molecule has 0 aliphatic heterocycles. The second-order valence-corrected chi connectivity index (χ2v) is 4.40. The summed E-state index contributed by atoms with van der Waals surface area (Å²) in [6.07, 6.45) is 4.10. The summed E-state index contributed by atoms with van der Waals surface area (Å²) in [5, 5.41) is 0. The second kappa shape index (κ2) is 7.34. The fourth-order valence-corrected chi connectivity index (χ4v) is 1.72. The molecule has 1 aromatic rings. The van der Waals surface area contributed by atoms with E-state index in [0.29, 0.717) is 25.2 Å². The van der Waals surface area contributed by atoms with Crippen LogP contribution in [0.25, 0.3) is 0 Å². The number of Topliss-reactive ketones (excluding diaryl/α,β-unsaturated/α-hetero) is 1. The summed E-state index contributed by atoms with van der Waals surface area (Å²) in [6, 6.07) is 8.01. The zero-order chi connectivity index (χ0) is 11.8. The highest BCUT2D eigenvalue weighted by molar-refractivity contribution is 7.98. The maximum atomic E-state index is 11.0. The smallest absolute Gasteiger partial charge is 0.132 e. The SMILES string of the molecule is CCC(=O)CCCOc1ccc(SC)cc1. The Morgan fingerprint density at radius 1 is 1.31 bits per heavy atom. The Hall–Kier alpha value is -0.960. The first kappa shape index (κ1) is 13.1. The van der Waals surface area contributed by atoms with E-state index in [9.17, 15) is 4.79 Å². The van der Waals surface area contributed by atoms with E-state index in [0.717, 1.165) is 12.2 Å². The number of rotatable bonds is 7. The van der Waals surface area contributed by atoms with E-state index in [-0.39, 0.29) is 0 Å². The highest BCUT2D eigenvalue weighted by Gasteiger charge is 1.99. The van der Waals surface area contributed by atoms with Crippen molar-refractivity contribution in [1.82, 2.24) is 0 Å². The van der Waals surface area contributed by atoms with E-state index in [1.807, 2.05) is 37.4 Å². The number of ether oxygens (including phenoxy) is 1. The predicted molar refractivity (Wildman–Crippen MR) is 68.3 cm³/mol. The molecule has 1 aromatic carbocycles. The molecule has 0 aliphatic carbocycles. The van der Waals surface area contributed by atoms with Gasteiger partial charge in [-0.2, -0.15) is 0 Å². The molecule has 3 heteroatoms. The van der Waals surface area contributed by atoms with Crippen LogP contribution in [0.4, 0.5) is 0 Å². The Morgan fingerprint density at radius 2 is 2.00 bits per heavy atom. The third-order valence-electron chi connectivity index (χ3n) is 2.32. The van der Waals surface area contributed by atoms with Gasteiger partial charge in [-0.3, -0.25) is 4.79 Å². The molecule has 0 amide bonds. The number of carbonyl (C=O) groups excluding carboxylic acids is 1. The highest BCUT2D eigenvalue weighted by atomic mass is 32.2. The first-order chi connectivity index (χ1) is 7.76. The first-order valence-corrected chi connectivity index (χ1v) is 6.77. The summed E-state index contributed by atoms with van der Waals surface area (Å²) in [5.41, 5.74) is 0. The summed E-state index contributed by atoms with van der Waals surface area (Å²) >= 11 is 1.71. The monoisotopic (exact) mass is 238 g/mol. The van der Waals surface area contributed by atoms with E-state index < -0.39 is 0 Å². The van der Waals surface area contributed by atoms with Crippen molar-refractivity contribution in [2.75, 3.05) is 12.9 Å². The van der Waals surface area contributed by atoms with Crippen LogP contribution in [0.15, 0.2) is 29.2 Å².